The van der Waals surface area contributed by atoms with E-state index < -0.39 is 12.2 Å². The second-order valence-corrected chi connectivity index (χ2v) is 11.6. The molecular formula is C33H55NO7. The summed E-state index contributed by atoms with van der Waals surface area (Å²) in [5.41, 5.74) is 1.38. The molecule has 41 heavy (non-hydrogen) atoms. The summed E-state index contributed by atoms with van der Waals surface area (Å²) in [5, 5.41) is 0. The van der Waals surface area contributed by atoms with Gasteiger partial charge in [0.25, 0.3) is 0 Å². The fraction of sp³-hybridized carbons (Fsp3) is 0.758. The van der Waals surface area contributed by atoms with Crippen LogP contribution in [0, 0.1) is 11.8 Å². The molecule has 8 heteroatoms. The molecule has 5 atom stereocenters. The maximum absolute atomic E-state index is 13.0. The Morgan fingerprint density at radius 2 is 1.71 bits per heavy atom. The Morgan fingerprint density at radius 1 is 1.00 bits per heavy atom. The van der Waals surface area contributed by atoms with Gasteiger partial charge in [-0.3, -0.25) is 9.59 Å². The molecule has 0 N–H and O–H groups in total. The van der Waals surface area contributed by atoms with Gasteiger partial charge in [0.1, 0.15) is 12.2 Å². The van der Waals surface area contributed by atoms with Gasteiger partial charge in [-0.15, -0.1) is 0 Å². The molecule has 1 heterocycles. The highest BCUT2D eigenvalue weighted by Gasteiger charge is 2.32. The van der Waals surface area contributed by atoms with Gasteiger partial charge in [-0.05, 0) is 82.4 Å². The monoisotopic (exact) mass is 577 g/mol. The molecule has 1 aliphatic heterocycles. The van der Waals surface area contributed by atoms with E-state index in [2.05, 4.69) is 42.2 Å². The van der Waals surface area contributed by atoms with Gasteiger partial charge < -0.3 is 28.6 Å². The number of ether oxygens (including phenoxy) is 5. The lowest BCUT2D eigenvalue weighted by Gasteiger charge is -2.31. The van der Waals surface area contributed by atoms with E-state index in [-0.39, 0.29) is 43.1 Å². The summed E-state index contributed by atoms with van der Waals surface area (Å²) in [6.45, 7) is 8.90. The highest BCUT2D eigenvalue weighted by molar-refractivity contribution is 5.72. The second-order valence-electron chi connectivity index (χ2n) is 11.6. The smallest absolute Gasteiger partial charge is 0.309 e. The Bertz CT molecular complexity index is 847. The van der Waals surface area contributed by atoms with Gasteiger partial charge in [0, 0.05) is 40.7 Å². The van der Waals surface area contributed by atoms with Crippen molar-refractivity contribution in [3.63, 3.8) is 0 Å². The molecular weight excluding hydrogens is 522 g/mol. The predicted octanol–water partition coefficient (Wildman–Crippen LogP) is 5.81. The fourth-order valence-corrected chi connectivity index (χ4v) is 5.67. The first-order chi connectivity index (χ1) is 19.8. The van der Waals surface area contributed by atoms with Gasteiger partial charge in [-0.25, -0.2) is 0 Å². The number of aryl methyl sites for hydroxylation is 1. The lowest BCUT2D eigenvalue weighted by Crippen LogP contribution is -2.38. The third-order valence-corrected chi connectivity index (χ3v) is 8.16. The van der Waals surface area contributed by atoms with Gasteiger partial charge in [-0.2, -0.15) is 0 Å². The van der Waals surface area contributed by atoms with E-state index in [4.69, 9.17) is 23.7 Å². The van der Waals surface area contributed by atoms with Gasteiger partial charge in [0.15, 0.2) is 6.29 Å². The zero-order chi connectivity index (χ0) is 30.0. The molecule has 1 aliphatic rings. The molecule has 5 unspecified atom stereocenters. The lowest BCUT2D eigenvalue weighted by molar-refractivity contribution is -0.166. The van der Waals surface area contributed by atoms with Gasteiger partial charge in [0.2, 0.25) is 0 Å². The van der Waals surface area contributed by atoms with Crippen molar-refractivity contribution in [3.05, 3.63) is 35.9 Å². The molecule has 0 radical (unpaired) electrons. The highest BCUT2D eigenvalue weighted by Crippen LogP contribution is 2.29. The van der Waals surface area contributed by atoms with E-state index in [0.29, 0.717) is 18.8 Å². The molecule has 8 nitrogen and oxygen atoms in total. The molecule has 0 saturated carbocycles. The van der Waals surface area contributed by atoms with Crippen molar-refractivity contribution in [2.45, 2.75) is 110 Å². The van der Waals surface area contributed by atoms with Crippen LogP contribution in [0.2, 0.25) is 0 Å². The Morgan fingerprint density at radius 3 is 2.37 bits per heavy atom. The van der Waals surface area contributed by atoms with E-state index in [1.165, 1.54) is 5.56 Å². The average molecular weight is 578 g/mol. The first kappa shape index (κ1) is 35.2. The molecule has 234 valence electrons. The minimum atomic E-state index is -0.709. The summed E-state index contributed by atoms with van der Waals surface area (Å²) >= 11 is 0. The largest absolute Gasteiger partial charge is 0.463 e. The van der Waals surface area contributed by atoms with E-state index >= 15 is 0 Å². The minimum absolute atomic E-state index is 0.0297. The molecule has 0 amide bonds. The Labute approximate surface area is 248 Å². The highest BCUT2D eigenvalue weighted by atomic mass is 16.7. The number of esters is 2. The number of rotatable bonds is 12. The number of hydrogen-bond acceptors (Lipinski definition) is 8. The van der Waals surface area contributed by atoms with Gasteiger partial charge in [0.05, 0.1) is 12.5 Å². The van der Waals surface area contributed by atoms with Crippen LogP contribution >= 0.6 is 0 Å². The molecule has 0 aliphatic carbocycles. The zero-order valence-corrected chi connectivity index (χ0v) is 26.3. The summed E-state index contributed by atoms with van der Waals surface area (Å²) < 4.78 is 28.5. The number of methoxy groups -OCH3 is 3. The number of nitrogens with zero attached hydrogens (tertiary/aromatic N) is 1. The Balaban J connectivity index is 2.16. The van der Waals surface area contributed by atoms with Crippen molar-refractivity contribution in [1.29, 1.82) is 0 Å². The summed E-state index contributed by atoms with van der Waals surface area (Å²) in [6, 6.07) is 10.6. The predicted molar refractivity (Wildman–Crippen MR) is 161 cm³/mol. The van der Waals surface area contributed by atoms with Crippen molar-refractivity contribution in [3.8, 4) is 0 Å². The number of carbonyl (C=O) groups excluding carboxylic acids is 2. The van der Waals surface area contributed by atoms with Crippen LogP contribution in [0.25, 0.3) is 0 Å². The SMILES string of the molecule is CCC(=O)OC1CC(=O)OC(C)CCN(CCCCc2ccccc2)CCC(C)CC(CC(OC)OC)CC1OC. The molecule has 0 spiro atoms. The topological polar surface area (TPSA) is 83.5 Å². The normalized spacial score (nSPS) is 25.7. The van der Waals surface area contributed by atoms with Gasteiger partial charge >= 0.3 is 11.9 Å². The van der Waals surface area contributed by atoms with Crippen molar-refractivity contribution in [2.75, 3.05) is 41.0 Å². The molecule has 1 aromatic carbocycles. The first-order valence-electron chi connectivity index (χ1n) is 15.5. The third kappa shape index (κ3) is 14.1. The summed E-state index contributed by atoms with van der Waals surface area (Å²) in [7, 11) is 4.91. The van der Waals surface area contributed by atoms with Crippen LogP contribution in [0.1, 0.15) is 84.1 Å². The molecule has 1 fully saturated rings. The molecule has 1 saturated heterocycles. The van der Waals surface area contributed by atoms with Crippen LogP contribution in [0.3, 0.4) is 0 Å². The van der Waals surface area contributed by atoms with Crippen molar-refractivity contribution in [2.24, 2.45) is 11.8 Å². The fourth-order valence-electron chi connectivity index (χ4n) is 5.67. The van der Waals surface area contributed by atoms with E-state index in [9.17, 15) is 9.59 Å². The maximum atomic E-state index is 13.0. The number of benzene rings is 1. The minimum Gasteiger partial charge on any atom is -0.463 e. The summed E-state index contributed by atoms with van der Waals surface area (Å²) in [6.07, 6.45) is 5.96. The summed E-state index contributed by atoms with van der Waals surface area (Å²) in [4.78, 5) is 27.8. The van der Waals surface area contributed by atoms with E-state index in [1.807, 2.05) is 6.92 Å². The van der Waals surface area contributed by atoms with Gasteiger partial charge in [-0.1, -0.05) is 44.2 Å². The van der Waals surface area contributed by atoms with Crippen LogP contribution in [-0.2, 0) is 39.7 Å². The lowest BCUT2D eigenvalue weighted by atomic mass is 9.85. The average Bonchev–Trinajstić information content (AvgIpc) is 2.97. The Kier molecular flexibility index (Phi) is 17.2. The zero-order valence-electron chi connectivity index (χ0n) is 26.3. The van der Waals surface area contributed by atoms with Crippen LogP contribution < -0.4 is 0 Å². The maximum Gasteiger partial charge on any atom is 0.309 e. The molecule has 2 rings (SSSR count). The van der Waals surface area contributed by atoms with Crippen LogP contribution in [0.5, 0.6) is 0 Å². The first-order valence-corrected chi connectivity index (χ1v) is 15.5. The number of unbranched alkanes of at least 4 members (excludes halogenated alkanes) is 1. The van der Waals surface area contributed by atoms with Crippen LogP contribution in [0.15, 0.2) is 30.3 Å². The van der Waals surface area contributed by atoms with Crippen LogP contribution in [0.4, 0.5) is 0 Å². The third-order valence-electron chi connectivity index (χ3n) is 8.16. The number of carbonyl (C=O) groups is 2. The van der Waals surface area contributed by atoms with E-state index in [0.717, 1.165) is 58.2 Å². The van der Waals surface area contributed by atoms with Crippen molar-refractivity contribution < 1.29 is 33.3 Å². The molecule has 1 aromatic rings. The standard InChI is InChI=1S/C33H55NO7/c1-7-31(35)41-30-24-32(36)40-26(3)17-20-34(18-12-11-15-27-13-9-8-10-14-27)19-16-25(2)21-28(22-29(30)37-4)23-33(38-5)39-6/h8-10,13-14,25-26,28-30,33H,7,11-12,15-24H2,1-6H3. The Hall–Kier alpha value is -2.00. The van der Waals surface area contributed by atoms with Crippen LogP contribution in [-0.4, -0.2) is 82.4 Å². The van der Waals surface area contributed by atoms with E-state index in [1.54, 1.807) is 28.3 Å². The quantitative estimate of drug-likeness (QED) is 0.175. The number of hydrogen-bond donors (Lipinski definition) is 0. The van der Waals surface area contributed by atoms with Crippen molar-refractivity contribution in [1.82, 2.24) is 4.90 Å². The molecule has 0 aromatic heterocycles. The second kappa shape index (κ2) is 20.0. The number of cyclic esters (lactones) is 1. The molecule has 0 bridgehead atoms. The van der Waals surface area contributed by atoms with Crippen molar-refractivity contribution >= 4 is 11.9 Å². The summed E-state index contributed by atoms with van der Waals surface area (Å²) in [5.74, 6) is -0.0533.